The minimum Gasteiger partial charge on any atom is -0.253 e. The van der Waals surface area contributed by atoms with Crippen LogP contribution in [-0.4, -0.2) is 9.19 Å². The van der Waals surface area contributed by atoms with E-state index in [1.165, 1.54) is 5.56 Å². The van der Waals surface area contributed by atoms with Gasteiger partial charge in [0.25, 0.3) is 0 Å². The van der Waals surface area contributed by atoms with Gasteiger partial charge in [0.15, 0.2) is 0 Å². The van der Waals surface area contributed by atoms with Crippen molar-refractivity contribution in [3.63, 3.8) is 0 Å². The number of aromatic nitrogens is 1. The molecule has 0 radical (unpaired) electrons. The van der Waals surface area contributed by atoms with Gasteiger partial charge in [-0.2, -0.15) is 0 Å². The third kappa shape index (κ3) is 3.31. The third-order valence-electron chi connectivity index (χ3n) is 4.08. The Morgan fingerprint density at radius 3 is 2.33 bits per heavy atom. The van der Waals surface area contributed by atoms with Crippen LogP contribution < -0.4 is 0 Å². The molecular formula is C21H21NOS. The lowest BCUT2D eigenvalue weighted by Crippen LogP contribution is -2.00. The molecule has 0 aliphatic heterocycles. The van der Waals surface area contributed by atoms with E-state index in [1.54, 1.807) is 0 Å². The van der Waals surface area contributed by atoms with Crippen LogP contribution in [0.25, 0.3) is 11.3 Å². The molecule has 0 saturated heterocycles. The first-order valence-corrected chi connectivity index (χ1v) is 9.29. The fraction of sp³-hybridized carbons (Fsp3) is 0.190. The SMILES string of the molecule is CCc1ccc(C)nc1-c1ccccc1[S@](=O)c1ccc(C)cc1. The Morgan fingerprint density at radius 2 is 1.62 bits per heavy atom. The van der Waals surface area contributed by atoms with Crippen LogP contribution in [0.4, 0.5) is 0 Å². The molecule has 0 aliphatic rings. The van der Waals surface area contributed by atoms with Crippen LogP contribution in [-0.2, 0) is 17.2 Å². The zero-order valence-corrected chi connectivity index (χ0v) is 15.1. The van der Waals surface area contributed by atoms with Crippen LogP contribution in [0.1, 0.15) is 23.7 Å². The minimum atomic E-state index is -1.22. The number of hydrogen-bond acceptors (Lipinski definition) is 2. The van der Waals surface area contributed by atoms with Crippen LogP contribution in [0.2, 0.25) is 0 Å². The topological polar surface area (TPSA) is 30.0 Å². The van der Waals surface area contributed by atoms with Gasteiger partial charge in [0.1, 0.15) is 0 Å². The van der Waals surface area contributed by atoms with E-state index in [2.05, 4.69) is 13.0 Å². The Balaban J connectivity index is 2.14. The van der Waals surface area contributed by atoms with Crippen LogP contribution >= 0.6 is 0 Å². The van der Waals surface area contributed by atoms with Gasteiger partial charge in [-0.25, -0.2) is 4.21 Å². The van der Waals surface area contributed by atoms with Crippen molar-refractivity contribution in [2.24, 2.45) is 0 Å². The van der Waals surface area contributed by atoms with Crippen molar-refractivity contribution >= 4 is 10.8 Å². The second-order valence-corrected chi connectivity index (χ2v) is 7.34. The molecule has 1 heterocycles. The zero-order chi connectivity index (χ0) is 17.1. The summed E-state index contributed by atoms with van der Waals surface area (Å²) in [4.78, 5) is 6.36. The molecule has 0 unspecified atom stereocenters. The van der Waals surface area contributed by atoms with Gasteiger partial charge >= 0.3 is 0 Å². The molecule has 1 atom stereocenters. The van der Waals surface area contributed by atoms with Gasteiger partial charge in [-0.3, -0.25) is 4.98 Å². The summed E-state index contributed by atoms with van der Waals surface area (Å²) < 4.78 is 13.1. The maximum Gasteiger partial charge on any atom is 0.0856 e. The highest BCUT2D eigenvalue weighted by Gasteiger charge is 2.16. The van der Waals surface area contributed by atoms with Crippen LogP contribution in [0.15, 0.2) is 70.5 Å². The molecule has 3 heteroatoms. The molecule has 2 aromatic carbocycles. The average molecular weight is 335 g/mol. The van der Waals surface area contributed by atoms with Crippen molar-refractivity contribution in [1.29, 1.82) is 0 Å². The lowest BCUT2D eigenvalue weighted by Gasteiger charge is -2.13. The molecule has 2 nitrogen and oxygen atoms in total. The number of aryl methyl sites for hydroxylation is 3. The van der Waals surface area contributed by atoms with Gasteiger partial charge in [-0.1, -0.05) is 48.9 Å². The molecule has 0 spiro atoms. The highest BCUT2D eigenvalue weighted by Crippen LogP contribution is 2.30. The predicted octanol–water partition coefficient (Wildman–Crippen LogP) is 5.09. The van der Waals surface area contributed by atoms with Crippen molar-refractivity contribution in [2.45, 2.75) is 37.0 Å². The standard InChI is InChI=1S/C21H21NOS/c1-4-17-12-11-16(3)22-21(17)19-7-5-6-8-20(19)24(23)18-13-9-15(2)10-14-18/h5-14H,4H2,1-3H3/t24-/m1/s1. The van der Waals surface area contributed by atoms with Gasteiger partial charge in [0, 0.05) is 16.2 Å². The van der Waals surface area contributed by atoms with Crippen LogP contribution in [0.3, 0.4) is 0 Å². The largest absolute Gasteiger partial charge is 0.253 e. The molecule has 24 heavy (non-hydrogen) atoms. The molecular weight excluding hydrogens is 314 g/mol. The molecule has 0 aliphatic carbocycles. The van der Waals surface area contributed by atoms with Gasteiger partial charge in [-0.05, 0) is 50.1 Å². The van der Waals surface area contributed by atoms with E-state index >= 15 is 0 Å². The van der Waals surface area contributed by atoms with E-state index < -0.39 is 10.8 Å². The third-order valence-corrected chi connectivity index (χ3v) is 5.53. The van der Waals surface area contributed by atoms with Gasteiger partial charge in [0.2, 0.25) is 0 Å². The Labute approximate surface area is 146 Å². The lowest BCUT2D eigenvalue weighted by atomic mass is 10.0. The van der Waals surface area contributed by atoms with Gasteiger partial charge in [0.05, 0.1) is 21.4 Å². The van der Waals surface area contributed by atoms with Crippen molar-refractivity contribution in [1.82, 2.24) is 4.98 Å². The molecule has 0 bridgehead atoms. The summed E-state index contributed by atoms with van der Waals surface area (Å²) in [5, 5.41) is 0. The number of rotatable bonds is 4. The minimum absolute atomic E-state index is 0.814. The summed E-state index contributed by atoms with van der Waals surface area (Å²) in [5.41, 5.74) is 5.20. The van der Waals surface area contributed by atoms with E-state index in [9.17, 15) is 4.21 Å². The fourth-order valence-corrected chi connectivity index (χ4v) is 3.92. The van der Waals surface area contributed by atoms with E-state index in [1.807, 2.05) is 68.4 Å². The Morgan fingerprint density at radius 1 is 0.917 bits per heavy atom. The van der Waals surface area contributed by atoms with Crippen molar-refractivity contribution < 1.29 is 4.21 Å². The average Bonchev–Trinajstić information content (AvgIpc) is 2.62. The molecule has 0 amide bonds. The number of pyridine rings is 1. The second-order valence-electron chi connectivity index (χ2n) is 5.89. The molecule has 122 valence electrons. The molecule has 0 N–H and O–H groups in total. The fourth-order valence-electron chi connectivity index (χ4n) is 2.72. The second kappa shape index (κ2) is 7.10. The number of nitrogens with zero attached hydrogens (tertiary/aromatic N) is 1. The molecule has 0 fully saturated rings. The quantitative estimate of drug-likeness (QED) is 0.664. The van der Waals surface area contributed by atoms with E-state index in [0.717, 1.165) is 38.7 Å². The summed E-state index contributed by atoms with van der Waals surface area (Å²) in [7, 11) is -1.22. The maximum absolute atomic E-state index is 13.1. The predicted molar refractivity (Wildman–Crippen MR) is 99.6 cm³/mol. The summed E-state index contributed by atoms with van der Waals surface area (Å²) in [6.07, 6.45) is 0.897. The van der Waals surface area contributed by atoms with E-state index in [0.29, 0.717) is 0 Å². The smallest absolute Gasteiger partial charge is 0.0856 e. The van der Waals surface area contributed by atoms with E-state index in [4.69, 9.17) is 4.98 Å². The Kier molecular flexibility index (Phi) is 4.91. The molecule has 3 rings (SSSR count). The van der Waals surface area contributed by atoms with Crippen LogP contribution in [0.5, 0.6) is 0 Å². The first-order chi connectivity index (χ1) is 11.6. The van der Waals surface area contributed by atoms with E-state index in [-0.39, 0.29) is 0 Å². The monoisotopic (exact) mass is 335 g/mol. The normalized spacial score (nSPS) is 12.1. The summed E-state index contributed by atoms with van der Waals surface area (Å²) in [6.45, 7) is 6.14. The Hall–Kier alpha value is -2.26. The van der Waals surface area contributed by atoms with Gasteiger partial charge in [-0.15, -0.1) is 0 Å². The lowest BCUT2D eigenvalue weighted by molar-refractivity contribution is 0.683. The molecule has 3 aromatic rings. The molecule has 0 saturated carbocycles. The van der Waals surface area contributed by atoms with Crippen LogP contribution in [0, 0.1) is 13.8 Å². The molecule has 1 aromatic heterocycles. The zero-order valence-electron chi connectivity index (χ0n) is 14.2. The summed E-state index contributed by atoms with van der Waals surface area (Å²) >= 11 is 0. The van der Waals surface area contributed by atoms with Crippen molar-refractivity contribution in [2.75, 3.05) is 0 Å². The Bertz CT molecular complexity index is 885. The number of benzene rings is 2. The first-order valence-electron chi connectivity index (χ1n) is 8.14. The van der Waals surface area contributed by atoms with Gasteiger partial charge < -0.3 is 0 Å². The number of hydrogen-bond donors (Lipinski definition) is 0. The summed E-state index contributed by atoms with van der Waals surface area (Å²) in [6, 6.07) is 19.9. The van der Waals surface area contributed by atoms with Crippen molar-refractivity contribution in [3.05, 3.63) is 77.5 Å². The van der Waals surface area contributed by atoms with Crippen molar-refractivity contribution in [3.8, 4) is 11.3 Å². The maximum atomic E-state index is 13.1. The highest BCUT2D eigenvalue weighted by atomic mass is 32.2. The first kappa shape index (κ1) is 16.6. The summed E-state index contributed by atoms with van der Waals surface area (Å²) in [5.74, 6) is 0. The highest BCUT2D eigenvalue weighted by molar-refractivity contribution is 7.85.